The van der Waals surface area contributed by atoms with Crippen LogP contribution in [0.25, 0.3) is 0 Å². The van der Waals surface area contributed by atoms with Crippen molar-refractivity contribution in [1.82, 2.24) is 0 Å². The Hall–Kier alpha value is -1.48. The van der Waals surface area contributed by atoms with Crippen molar-refractivity contribution in [3.8, 4) is 0 Å². The minimum Gasteiger partial charge on any atom is -0.375 e. The Balaban J connectivity index is 0.000000180. The van der Waals surface area contributed by atoms with E-state index in [2.05, 4.69) is 28.5 Å². The minimum absolute atomic E-state index is 0. The topological polar surface area (TPSA) is 41.5 Å². The molecule has 6 heteroatoms. The van der Waals surface area contributed by atoms with Gasteiger partial charge in [0.05, 0.1) is 0 Å². The van der Waals surface area contributed by atoms with Crippen molar-refractivity contribution < 1.29 is 70.2 Å². The standard InChI is InChI=1S/C14H9ClN.C14H10NO.2Y/c15-14-12-7-3-1-5-10(12)9-11-6-2-4-8-13(11)16-14;16-14-12-7-3-1-5-10(12)9-11-6-2-4-8-13(11)15-14;;/h1-3,5-8H,9H2;1-3,5-8H,9H2,(H,15,16);;/q2*-1;;. The van der Waals surface area contributed by atoms with Gasteiger partial charge in [-0.2, -0.15) is 48.5 Å². The van der Waals surface area contributed by atoms with Crippen molar-refractivity contribution in [2.24, 2.45) is 4.99 Å². The molecule has 1 amide bonds. The maximum Gasteiger partial charge on any atom is 0.245 e. The number of nitrogens with zero attached hydrogens (tertiary/aromatic N) is 1. The Morgan fingerprint density at radius 2 is 1.32 bits per heavy atom. The molecule has 0 spiro atoms. The van der Waals surface area contributed by atoms with E-state index in [0.29, 0.717) is 5.17 Å². The molecule has 4 aromatic carbocycles. The number of carbonyl (C=O) groups is 1. The Labute approximate surface area is 255 Å². The summed E-state index contributed by atoms with van der Waals surface area (Å²) >= 11 is 6.22. The van der Waals surface area contributed by atoms with E-state index in [-0.39, 0.29) is 71.3 Å². The molecular weight excluding hydrogens is 594 g/mol. The van der Waals surface area contributed by atoms with E-state index in [0.717, 1.165) is 46.5 Å². The van der Waals surface area contributed by atoms with Crippen LogP contribution in [0.4, 0.5) is 11.4 Å². The van der Waals surface area contributed by atoms with Gasteiger partial charge < -0.3 is 10.3 Å². The Morgan fingerprint density at radius 1 is 0.735 bits per heavy atom. The second-order valence-corrected chi connectivity index (χ2v) is 8.02. The first-order valence-electron chi connectivity index (χ1n) is 10.4. The molecule has 2 aliphatic rings. The summed E-state index contributed by atoms with van der Waals surface area (Å²) < 4.78 is 0. The van der Waals surface area contributed by atoms with E-state index >= 15 is 0 Å². The van der Waals surface area contributed by atoms with Crippen LogP contribution in [0.2, 0.25) is 0 Å². The molecule has 6 rings (SSSR count). The van der Waals surface area contributed by atoms with Crippen LogP contribution in [0.15, 0.2) is 89.9 Å². The zero-order chi connectivity index (χ0) is 21.9. The number of benzene rings is 4. The summed E-state index contributed by atoms with van der Waals surface area (Å²) in [5, 5.41) is 3.47. The summed E-state index contributed by atoms with van der Waals surface area (Å²) in [7, 11) is 0. The van der Waals surface area contributed by atoms with Crippen molar-refractivity contribution in [3.05, 3.63) is 130 Å². The van der Waals surface area contributed by atoms with Crippen LogP contribution in [-0.2, 0) is 78.3 Å². The van der Waals surface area contributed by atoms with Crippen LogP contribution < -0.4 is 5.32 Å². The maximum atomic E-state index is 11.9. The van der Waals surface area contributed by atoms with Crippen LogP contribution >= 0.6 is 11.6 Å². The average molecular weight is 613 g/mol. The van der Waals surface area contributed by atoms with Crippen LogP contribution in [0.5, 0.6) is 0 Å². The van der Waals surface area contributed by atoms with E-state index in [1.165, 1.54) is 11.1 Å². The van der Waals surface area contributed by atoms with Crippen molar-refractivity contribution >= 4 is 34.1 Å². The summed E-state index contributed by atoms with van der Waals surface area (Å²) in [5.41, 5.74) is 8.21. The molecular formula is C28H19ClN2OY2-2. The number of carbonyl (C=O) groups excluding carboxylic acids is 1. The van der Waals surface area contributed by atoms with E-state index < -0.39 is 0 Å². The van der Waals surface area contributed by atoms with Gasteiger partial charge in [-0.05, 0) is 35.7 Å². The van der Waals surface area contributed by atoms with Gasteiger partial charge in [0.1, 0.15) is 5.17 Å². The molecule has 2 radical (unpaired) electrons. The number of amides is 1. The third-order valence-electron chi connectivity index (χ3n) is 5.61. The fourth-order valence-electron chi connectivity index (χ4n) is 3.98. The zero-order valence-electron chi connectivity index (χ0n) is 18.4. The molecule has 0 saturated heterocycles. The first kappa shape index (κ1) is 27.1. The van der Waals surface area contributed by atoms with Gasteiger partial charge in [0.2, 0.25) is 5.91 Å². The van der Waals surface area contributed by atoms with E-state index in [1.54, 1.807) is 0 Å². The number of anilines is 1. The first-order chi connectivity index (χ1) is 15.7. The number of hydrogen-bond acceptors (Lipinski definition) is 2. The van der Waals surface area contributed by atoms with Gasteiger partial charge in [0.15, 0.2) is 0 Å². The molecule has 0 atom stereocenters. The molecule has 0 fully saturated rings. The molecule has 162 valence electrons. The molecule has 0 unspecified atom stereocenters. The predicted molar refractivity (Wildman–Crippen MR) is 129 cm³/mol. The van der Waals surface area contributed by atoms with Gasteiger partial charge in [-0.3, -0.25) is 4.79 Å². The number of fused-ring (bicyclic) bond motifs is 4. The van der Waals surface area contributed by atoms with E-state index in [1.807, 2.05) is 78.9 Å². The van der Waals surface area contributed by atoms with Crippen LogP contribution in [0.1, 0.15) is 38.2 Å². The summed E-state index contributed by atoms with van der Waals surface area (Å²) in [6, 6.07) is 33.4. The number of aliphatic imine (C=N–C) groups is 1. The molecule has 0 bridgehead atoms. The largest absolute Gasteiger partial charge is 0.375 e. The average Bonchev–Trinajstić information content (AvgIpc) is 3.06. The molecule has 0 aliphatic carbocycles. The van der Waals surface area contributed by atoms with Gasteiger partial charge in [0.25, 0.3) is 0 Å². The Morgan fingerprint density at radius 3 is 2.09 bits per heavy atom. The molecule has 2 heterocycles. The number of hydrogen-bond donors (Lipinski definition) is 1. The molecule has 1 N–H and O–H groups in total. The van der Waals surface area contributed by atoms with Crippen molar-refractivity contribution in [1.29, 1.82) is 0 Å². The molecule has 3 nitrogen and oxygen atoms in total. The van der Waals surface area contributed by atoms with Gasteiger partial charge in [-0.15, -0.1) is 11.1 Å². The second-order valence-electron chi connectivity index (χ2n) is 7.66. The van der Waals surface area contributed by atoms with Crippen LogP contribution in [-0.4, -0.2) is 11.1 Å². The monoisotopic (exact) mass is 612 g/mol. The fraction of sp³-hybridized carbons (Fsp3) is 0.0714. The predicted octanol–water partition coefficient (Wildman–Crippen LogP) is 6.35. The van der Waals surface area contributed by atoms with E-state index in [9.17, 15) is 4.79 Å². The number of nitrogens with one attached hydrogen (secondary N) is 1. The molecule has 4 aromatic rings. The van der Waals surface area contributed by atoms with Gasteiger partial charge in [0, 0.05) is 76.5 Å². The SMILES string of the molecule is ClC1=Nc2c[c-]ccc2Cc2ccccc21.O=C1Nc2c[c-]ccc2Cc2ccccc21.[Y].[Y]. The van der Waals surface area contributed by atoms with Crippen molar-refractivity contribution in [2.75, 3.05) is 5.32 Å². The van der Waals surface area contributed by atoms with Crippen molar-refractivity contribution in [3.63, 3.8) is 0 Å². The third-order valence-corrected chi connectivity index (χ3v) is 5.90. The smallest absolute Gasteiger partial charge is 0.245 e. The molecule has 34 heavy (non-hydrogen) atoms. The normalized spacial score (nSPS) is 12.6. The van der Waals surface area contributed by atoms with Gasteiger partial charge in [-0.1, -0.05) is 59.8 Å². The summed E-state index contributed by atoms with van der Waals surface area (Å²) in [5.74, 6) is -0.0334. The van der Waals surface area contributed by atoms with Crippen LogP contribution in [0, 0.1) is 12.1 Å². The maximum absolute atomic E-state index is 11.9. The fourth-order valence-corrected chi connectivity index (χ4v) is 4.25. The molecule has 0 aromatic heterocycles. The Kier molecular flexibility index (Phi) is 9.94. The minimum atomic E-state index is -0.0334. The van der Waals surface area contributed by atoms with Crippen LogP contribution in [0.3, 0.4) is 0 Å². The van der Waals surface area contributed by atoms with E-state index in [4.69, 9.17) is 11.6 Å². The number of rotatable bonds is 0. The Bertz CT molecular complexity index is 1350. The second kappa shape index (κ2) is 12.5. The zero-order valence-corrected chi connectivity index (χ0v) is 24.8. The summed E-state index contributed by atoms with van der Waals surface area (Å²) in [6.07, 6.45) is 1.67. The molecule has 2 aliphatic heterocycles. The van der Waals surface area contributed by atoms with Gasteiger partial charge >= 0.3 is 0 Å². The number of halogens is 1. The quantitative estimate of drug-likeness (QED) is 0.231. The van der Waals surface area contributed by atoms with Gasteiger partial charge in [-0.25, -0.2) is 0 Å². The van der Waals surface area contributed by atoms with Crippen molar-refractivity contribution in [2.45, 2.75) is 12.8 Å². The molecule has 0 saturated carbocycles. The summed E-state index contributed by atoms with van der Waals surface area (Å²) in [6.45, 7) is 0. The first-order valence-corrected chi connectivity index (χ1v) is 10.8. The summed E-state index contributed by atoms with van der Waals surface area (Å²) in [4.78, 5) is 16.4. The third kappa shape index (κ3) is 6.01.